The van der Waals surface area contributed by atoms with E-state index >= 15 is 0 Å². The van der Waals surface area contributed by atoms with Gasteiger partial charge in [-0.05, 0) is 13.8 Å². The van der Waals surface area contributed by atoms with Crippen LogP contribution in [-0.4, -0.2) is 33.6 Å². The second-order valence-electron chi connectivity index (χ2n) is 3.77. The van der Waals surface area contributed by atoms with E-state index in [9.17, 15) is 9.59 Å². The maximum atomic E-state index is 11.7. The molecule has 0 radical (unpaired) electrons. The molecule has 1 unspecified atom stereocenters. The Hall–Kier alpha value is -1.63. The summed E-state index contributed by atoms with van der Waals surface area (Å²) in [5, 5.41) is 6.75. The first kappa shape index (κ1) is 13.4. The highest BCUT2D eigenvalue weighted by molar-refractivity contribution is 5.29. The van der Waals surface area contributed by atoms with Crippen LogP contribution in [0, 0.1) is 0 Å². The lowest BCUT2D eigenvalue weighted by Crippen LogP contribution is -2.40. The van der Waals surface area contributed by atoms with E-state index in [0.717, 1.165) is 9.25 Å². The van der Waals surface area contributed by atoms with Crippen LogP contribution in [0.25, 0.3) is 0 Å². The summed E-state index contributed by atoms with van der Waals surface area (Å²) >= 11 is 0. The van der Waals surface area contributed by atoms with Crippen molar-refractivity contribution in [3.05, 3.63) is 20.8 Å². The van der Waals surface area contributed by atoms with Crippen LogP contribution in [0.15, 0.2) is 9.59 Å². The normalized spacial score (nSPS) is 12.5. The van der Waals surface area contributed by atoms with Gasteiger partial charge in [-0.1, -0.05) is 0 Å². The summed E-state index contributed by atoms with van der Waals surface area (Å²) < 4.78 is 7.45. The van der Waals surface area contributed by atoms with E-state index in [0.29, 0.717) is 13.2 Å². The highest BCUT2D eigenvalue weighted by Crippen LogP contribution is 1.94. The van der Waals surface area contributed by atoms with Crippen LogP contribution in [0.3, 0.4) is 0 Å². The van der Waals surface area contributed by atoms with E-state index in [2.05, 4.69) is 10.4 Å². The molecule has 0 bridgehead atoms. The minimum atomic E-state index is -0.446. The predicted octanol–water partition coefficient (Wildman–Crippen LogP) is -0.684. The molecule has 1 rings (SSSR count). The molecule has 17 heavy (non-hydrogen) atoms. The number of nitrogens with one attached hydrogen (secondary N) is 1. The quantitative estimate of drug-likeness (QED) is 0.740. The third-order valence-electron chi connectivity index (χ3n) is 2.33. The van der Waals surface area contributed by atoms with Crippen molar-refractivity contribution in [1.82, 2.24) is 14.3 Å². The van der Waals surface area contributed by atoms with Crippen LogP contribution in [0.1, 0.15) is 13.8 Å². The Balaban J connectivity index is 2.86. The minimum Gasteiger partial charge on any atom is -0.377 e. The first-order valence-electron chi connectivity index (χ1n) is 5.47. The van der Waals surface area contributed by atoms with Crippen LogP contribution in [0.4, 0.5) is 5.82 Å². The monoisotopic (exact) mass is 242 g/mol. The van der Waals surface area contributed by atoms with Crippen molar-refractivity contribution in [2.75, 3.05) is 18.5 Å². The number of hydrogen-bond donors (Lipinski definition) is 1. The zero-order valence-electron chi connectivity index (χ0n) is 10.6. The number of nitrogens with zero attached hydrogens (tertiary/aromatic N) is 3. The van der Waals surface area contributed by atoms with Crippen LogP contribution in [0.2, 0.25) is 0 Å². The maximum absolute atomic E-state index is 11.7. The van der Waals surface area contributed by atoms with Crippen molar-refractivity contribution in [3.63, 3.8) is 0 Å². The van der Waals surface area contributed by atoms with Gasteiger partial charge in [-0.3, -0.25) is 9.36 Å². The minimum absolute atomic E-state index is 0.0243. The van der Waals surface area contributed by atoms with Crippen molar-refractivity contribution in [1.29, 1.82) is 0 Å². The molecule has 0 aliphatic heterocycles. The first-order valence-corrected chi connectivity index (χ1v) is 5.47. The van der Waals surface area contributed by atoms with Gasteiger partial charge in [0.15, 0.2) is 0 Å². The third kappa shape index (κ3) is 3.16. The van der Waals surface area contributed by atoms with Crippen molar-refractivity contribution in [2.24, 2.45) is 14.1 Å². The van der Waals surface area contributed by atoms with E-state index in [1.807, 2.05) is 13.8 Å². The van der Waals surface area contributed by atoms with Crippen LogP contribution in [0.5, 0.6) is 0 Å². The van der Waals surface area contributed by atoms with Crippen LogP contribution >= 0.6 is 0 Å². The Morgan fingerprint density at radius 2 is 2.06 bits per heavy atom. The number of anilines is 1. The molecule has 0 spiro atoms. The van der Waals surface area contributed by atoms with Gasteiger partial charge in [0.2, 0.25) is 5.82 Å². The lowest BCUT2D eigenvalue weighted by Gasteiger charge is -2.13. The first-order chi connectivity index (χ1) is 7.97. The SMILES string of the molecule is CCOC(C)CNc1nn(C)c(=O)n(C)c1=O. The molecule has 1 N–H and O–H groups in total. The van der Waals surface area contributed by atoms with E-state index in [1.165, 1.54) is 14.1 Å². The predicted molar refractivity (Wildman–Crippen MR) is 64.3 cm³/mol. The summed E-state index contributed by atoms with van der Waals surface area (Å²) in [6.45, 7) is 4.87. The fourth-order valence-corrected chi connectivity index (χ4v) is 1.39. The van der Waals surface area contributed by atoms with Crippen LogP contribution < -0.4 is 16.6 Å². The second-order valence-corrected chi connectivity index (χ2v) is 3.77. The largest absolute Gasteiger partial charge is 0.377 e. The fourth-order valence-electron chi connectivity index (χ4n) is 1.39. The van der Waals surface area contributed by atoms with Gasteiger partial charge in [-0.2, -0.15) is 0 Å². The van der Waals surface area contributed by atoms with Gasteiger partial charge in [-0.15, -0.1) is 5.10 Å². The topological polar surface area (TPSA) is 78.2 Å². The summed E-state index contributed by atoms with van der Waals surface area (Å²) in [7, 11) is 2.92. The van der Waals surface area contributed by atoms with E-state index < -0.39 is 11.2 Å². The van der Waals surface area contributed by atoms with Crippen molar-refractivity contribution < 1.29 is 4.74 Å². The molecule has 1 aromatic heterocycles. The molecule has 0 aromatic carbocycles. The van der Waals surface area contributed by atoms with Gasteiger partial charge in [0.05, 0.1) is 6.10 Å². The smallest absolute Gasteiger partial charge is 0.346 e. The van der Waals surface area contributed by atoms with E-state index in [4.69, 9.17) is 4.74 Å². The molecule has 7 nitrogen and oxygen atoms in total. The molecule has 0 aliphatic carbocycles. The number of aromatic nitrogens is 3. The molecule has 0 fully saturated rings. The third-order valence-corrected chi connectivity index (χ3v) is 2.33. The standard InChI is InChI=1S/C10H18N4O3/c1-5-17-7(2)6-11-8-9(15)13(3)10(16)14(4)12-8/h7H,5-6H2,1-4H3,(H,11,12). The summed E-state index contributed by atoms with van der Waals surface area (Å²) in [6, 6.07) is 0. The maximum Gasteiger partial charge on any atom is 0.346 e. The second kappa shape index (κ2) is 5.62. The van der Waals surface area contributed by atoms with Crippen molar-refractivity contribution in [2.45, 2.75) is 20.0 Å². The lowest BCUT2D eigenvalue weighted by molar-refractivity contribution is 0.0854. The molecule has 96 valence electrons. The van der Waals surface area contributed by atoms with E-state index in [-0.39, 0.29) is 11.9 Å². The average molecular weight is 242 g/mol. The highest BCUT2D eigenvalue weighted by Gasteiger charge is 2.09. The Labute approximate surface area is 99.0 Å². The molecule has 0 saturated heterocycles. The molecule has 7 heteroatoms. The molecular formula is C10H18N4O3. The van der Waals surface area contributed by atoms with Gasteiger partial charge >= 0.3 is 5.69 Å². The molecule has 0 amide bonds. The zero-order valence-corrected chi connectivity index (χ0v) is 10.6. The molecule has 1 aromatic rings. The zero-order chi connectivity index (χ0) is 13.0. The van der Waals surface area contributed by atoms with Gasteiger partial charge in [0, 0.05) is 27.2 Å². The Morgan fingerprint density at radius 1 is 1.41 bits per heavy atom. The fraction of sp³-hybridized carbons (Fsp3) is 0.700. The van der Waals surface area contributed by atoms with Crippen LogP contribution in [-0.2, 0) is 18.8 Å². The summed E-state index contributed by atoms with van der Waals surface area (Å²) in [5.41, 5.74) is -0.879. The Kier molecular flexibility index (Phi) is 4.45. The summed E-state index contributed by atoms with van der Waals surface area (Å²) in [4.78, 5) is 23.1. The van der Waals surface area contributed by atoms with Crippen molar-refractivity contribution >= 4 is 5.82 Å². The Morgan fingerprint density at radius 3 is 2.65 bits per heavy atom. The molecule has 0 aliphatic rings. The summed E-state index contributed by atoms with van der Waals surface area (Å²) in [5.74, 6) is 0.154. The van der Waals surface area contributed by atoms with Crippen molar-refractivity contribution in [3.8, 4) is 0 Å². The molecular weight excluding hydrogens is 224 g/mol. The lowest BCUT2D eigenvalue weighted by atomic mass is 10.4. The number of ether oxygens (including phenoxy) is 1. The number of aryl methyl sites for hydroxylation is 1. The highest BCUT2D eigenvalue weighted by atomic mass is 16.5. The van der Waals surface area contributed by atoms with E-state index in [1.54, 1.807) is 0 Å². The van der Waals surface area contributed by atoms with Gasteiger partial charge in [-0.25, -0.2) is 9.48 Å². The number of hydrogen-bond acceptors (Lipinski definition) is 5. The molecule has 0 saturated carbocycles. The Bertz CT molecular complexity index is 491. The molecule has 1 heterocycles. The molecule has 1 atom stereocenters. The van der Waals surface area contributed by atoms with Gasteiger partial charge in [0.25, 0.3) is 5.56 Å². The average Bonchev–Trinajstić information content (AvgIpc) is 2.30. The van der Waals surface area contributed by atoms with Gasteiger partial charge in [0.1, 0.15) is 0 Å². The number of rotatable bonds is 5. The van der Waals surface area contributed by atoms with Gasteiger partial charge < -0.3 is 10.1 Å². The summed E-state index contributed by atoms with van der Waals surface area (Å²) in [6.07, 6.45) is -0.0243.